The average molecular weight is 589 g/mol. The smallest absolute Gasteiger partial charge is 0.268 e. The number of aryl methyl sites for hydroxylation is 2. The Balaban J connectivity index is 1.24. The first-order chi connectivity index (χ1) is 19.8. The van der Waals surface area contributed by atoms with Crippen LogP contribution in [0.2, 0.25) is 5.02 Å². The van der Waals surface area contributed by atoms with E-state index in [2.05, 4.69) is 4.90 Å². The largest absolute Gasteiger partial charge is 0.495 e. The number of ether oxygens (including phenoxy) is 1. The zero-order valence-electron chi connectivity index (χ0n) is 23.0. The van der Waals surface area contributed by atoms with Gasteiger partial charge in [-0.2, -0.15) is 5.10 Å². The highest BCUT2D eigenvalue weighted by Crippen LogP contribution is 2.29. The van der Waals surface area contributed by atoms with Gasteiger partial charge in [-0.05, 0) is 56.3 Å². The first kappa shape index (κ1) is 27.0. The lowest BCUT2D eigenvalue weighted by Gasteiger charge is -2.36. The number of halogens is 1. The van der Waals surface area contributed by atoms with Crippen LogP contribution in [0.5, 0.6) is 5.75 Å². The van der Waals surface area contributed by atoms with Crippen molar-refractivity contribution in [1.29, 1.82) is 0 Å². The number of benzene rings is 2. The van der Waals surface area contributed by atoms with Crippen LogP contribution < -0.4 is 15.2 Å². The van der Waals surface area contributed by atoms with Crippen LogP contribution >= 0.6 is 22.9 Å². The summed E-state index contributed by atoms with van der Waals surface area (Å²) in [5.41, 5.74) is 4.72. The number of thiazole rings is 1. The molecule has 6 rings (SSSR count). The monoisotopic (exact) mass is 588 g/mol. The van der Waals surface area contributed by atoms with Gasteiger partial charge in [0.05, 0.1) is 36.2 Å². The van der Waals surface area contributed by atoms with Gasteiger partial charge in [0.25, 0.3) is 5.56 Å². The molecule has 0 saturated carbocycles. The van der Waals surface area contributed by atoms with Crippen molar-refractivity contribution in [3.63, 3.8) is 0 Å². The van der Waals surface area contributed by atoms with Gasteiger partial charge in [-0.3, -0.25) is 14.0 Å². The minimum absolute atomic E-state index is 0.0127. The maximum absolute atomic E-state index is 13.9. The number of carbonyl (C=O) groups excluding carboxylic acids is 1. The SMILES string of the molecule is COc1ccccc1N1CCN(C(=O)Cc2csc3nc(C)c(-c4cc(C)n(-c5ccc(Cl)cc5)n4)c(=O)n23)CC1. The summed E-state index contributed by atoms with van der Waals surface area (Å²) in [6.07, 6.45) is 0.122. The Morgan fingerprint density at radius 1 is 1.05 bits per heavy atom. The molecule has 3 aromatic heterocycles. The molecule has 0 unspecified atom stereocenters. The molecule has 1 aliphatic rings. The quantitative estimate of drug-likeness (QED) is 0.284. The Morgan fingerprint density at radius 3 is 2.51 bits per heavy atom. The van der Waals surface area contributed by atoms with Crippen molar-refractivity contribution in [2.24, 2.45) is 0 Å². The summed E-state index contributed by atoms with van der Waals surface area (Å²) in [6.45, 7) is 6.36. The van der Waals surface area contributed by atoms with Gasteiger partial charge in [0.15, 0.2) is 4.96 Å². The van der Waals surface area contributed by atoms with E-state index in [4.69, 9.17) is 26.4 Å². The van der Waals surface area contributed by atoms with Crippen LogP contribution in [-0.4, -0.2) is 63.3 Å². The summed E-state index contributed by atoms with van der Waals surface area (Å²) >= 11 is 7.42. The minimum atomic E-state index is -0.224. The maximum Gasteiger partial charge on any atom is 0.268 e. The summed E-state index contributed by atoms with van der Waals surface area (Å²) < 4.78 is 8.85. The van der Waals surface area contributed by atoms with Crippen molar-refractivity contribution in [1.82, 2.24) is 24.1 Å². The number of carbonyl (C=O) groups is 1. The highest BCUT2D eigenvalue weighted by atomic mass is 35.5. The number of anilines is 1. The lowest BCUT2D eigenvalue weighted by atomic mass is 10.1. The van der Waals surface area contributed by atoms with Gasteiger partial charge >= 0.3 is 0 Å². The van der Waals surface area contributed by atoms with Crippen LogP contribution in [0.1, 0.15) is 17.1 Å². The molecule has 41 heavy (non-hydrogen) atoms. The second-order valence-electron chi connectivity index (χ2n) is 10.00. The van der Waals surface area contributed by atoms with Gasteiger partial charge < -0.3 is 14.5 Å². The molecule has 2 aromatic carbocycles. The molecule has 1 aliphatic heterocycles. The molecule has 0 N–H and O–H groups in total. The number of aromatic nitrogens is 4. The Labute approximate surface area is 246 Å². The molecule has 0 spiro atoms. The third kappa shape index (κ3) is 5.09. The Bertz CT molecular complexity index is 1800. The molecule has 1 amide bonds. The molecule has 1 fully saturated rings. The van der Waals surface area contributed by atoms with E-state index in [0.29, 0.717) is 58.8 Å². The van der Waals surface area contributed by atoms with E-state index in [1.54, 1.807) is 28.3 Å². The first-order valence-electron chi connectivity index (χ1n) is 13.3. The maximum atomic E-state index is 13.9. The summed E-state index contributed by atoms with van der Waals surface area (Å²) in [5, 5.41) is 7.23. The molecule has 1 saturated heterocycles. The zero-order chi connectivity index (χ0) is 28.7. The molecule has 0 radical (unpaired) electrons. The fourth-order valence-electron chi connectivity index (χ4n) is 5.32. The number of piperazine rings is 1. The van der Waals surface area contributed by atoms with Crippen LogP contribution in [0.3, 0.4) is 0 Å². The molecule has 11 heteroatoms. The van der Waals surface area contributed by atoms with Crippen LogP contribution in [0.4, 0.5) is 5.69 Å². The van der Waals surface area contributed by atoms with E-state index < -0.39 is 0 Å². The van der Waals surface area contributed by atoms with Gasteiger partial charge in [-0.15, -0.1) is 11.3 Å². The summed E-state index contributed by atoms with van der Waals surface area (Å²) in [6, 6.07) is 17.2. The van der Waals surface area contributed by atoms with Crippen molar-refractivity contribution in [2.75, 3.05) is 38.2 Å². The molecule has 0 atom stereocenters. The number of nitrogens with zero attached hydrogens (tertiary/aromatic N) is 6. The summed E-state index contributed by atoms with van der Waals surface area (Å²) in [5.74, 6) is 0.810. The predicted octanol–water partition coefficient (Wildman–Crippen LogP) is 4.78. The fourth-order valence-corrected chi connectivity index (χ4v) is 6.37. The van der Waals surface area contributed by atoms with E-state index in [1.807, 2.05) is 66.6 Å². The van der Waals surface area contributed by atoms with Gasteiger partial charge in [0.2, 0.25) is 5.91 Å². The molecule has 9 nitrogen and oxygen atoms in total. The number of hydrogen-bond donors (Lipinski definition) is 0. The van der Waals surface area contributed by atoms with Crippen molar-refractivity contribution >= 4 is 39.5 Å². The highest BCUT2D eigenvalue weighted by molar-refractivity contribution is 7.15. The van der Waals surface area contributed by atoms with E-state index in [0.717, 1.165) is 22.8 Å². The summed E-state index contributed by atoms with van der Waals surface area (Å²) in [7, 11) is 1.67. The van der Waals surface area contributed by atoms with E-state index >= 15 is 0 Å². The van der Waals surface area contributed by atoms with E-state index in [9.17, 15) is 9.59 Å². The van der Waals surface area contributed by atoms with Crippen LogP contribution in [0.25, 0.3) is 21.9 Å². The molecule has 5 aromatic rings. The van der Waals surface area contributed by atoms with Crippen molar-refractivity contribution < 1.29 is 9.53 Å². The molecule has 0 bridgehead atoms. The van der Waals surface area contributed by atoms with E-state index in [1.165, 1.54) is 11.3 Å². The molecule has 4 heterocycles. The van der Waals surface area contributed by atoms with Crippen molar-refractivity contribution in [3.05, 3.63) is 92.4 Å². The minimum Gasteiger partial charge on any atom is -0.495 e. The van der Waals surface area contributed by atoms with Gasteiger partial charge in [0.1, 0.15) is 11.4 Å². The molecule has 0 aliphatic carbocycles. The molecular weight excluding hydrogens is 560 g/mol. The third-order valence-electron chi connectivity index (χ3n) is 7.43. The standard InChI is InChI=1S/C30H29ClN6O3S/c1-19-16-24(33-37(19)22-10-8-21(31)9-11-22)28-20(2)32-30-36(29(28)39)23(18-41-30)17-27(38)35-14-12-34(13-15-35)25-6-4-5-7-26(25)40-3/h4-11,16,18H,12-15,17H2,1-3H3. The number of amides is 1. The second kappa shape index (κ2) is 11.0. The third-order valence-corrected chi connectivity index (χ3v) is 8.55. The lowest BCUT2D eigenvalue weighted by molar-refractivity contribution is -0.130. The van der Waals surface area contributed by atoms with Crippen LogP contribution in [0.15, 0.2) is 64.8 Å². The topological polar surface area (TPSA) is 85.0 Å². The zero-order valence-corrected chi connectivity index (χ0v) is 24.6. The lowest BCUT2D eigenvalue weighted by Crippen LogP contribution is -2.49. The fraction of sp³-hybridized carbons (Fsp3) is 0.267. The number of methoxy groups -OCH3 is 1. The first-order valence-corrected chi connectivity index (χ1v) is 14.6. The predicted molar refractivity (Wildman–Crippen MR) is 162 cm³/mol. The van der Waals surface area contributed by atoms with E-state index in [-0.39, 0.29) is 17.9 Å². The second-order valence-corrected chi connectivity index (χ2v) is 11.3. The number of fused-ring (bicyclic) bond motifs is 1. The van der Waals surface area contributed by atoms with Crippen molar-refractivity contribution in [3.8, 4) is 22.7 Å². The molecular formula is C30H29ClN6O3S. The number of hydrogen-bond acceptors (Lipinski definition) is 7. The number of para-hydroxylation sites is 2. The Hall–Kier alpha value is -4.15. The summed E-state index contributed by atoms with van der Waals surface area (Å²) in [4.78, 5) is 36.6. The molecule has 210 valence electrons. The average Bonchev–Trinajstić information content (AvgIpc) is 3.56. The van der Waals surface area contributed by atoms with Gasteiger partial charge in [-0.25, -0.2) is 9.67 Å². The Kier molecular flexibility index (Phi) is 7.27. The normalized spacial score (nSPS) is 13.7. The highest BCUT2D eigenvalue weighted by Gasteiger charge is 2.25. The van der Waals surface area contributed by atoms with Crippen LogP contribution in [-0.2, 0) is 11.2 Å². The Morgan fingerprint density at radius 2 is 1.78 bits per heavy atom. The number of rotatable bonds is 6. The van der Waals surface area contributed by atoms with Gasteiger partial charge in [0, 0.05) is 48.0 Å². The van der Waals surface area contributed by atoms with Crippen molar-refractivity contribution in [2.45, 2.75) is 20.3 Å². The van der Waals surface area contributed by atoms with Crippen LogP contribution in [0, 0.1) is 13.8 Å². The van der Waals surface area contributed by atoms with Gasteiger partial charge in [-0.1, -0.05) is 23.7 Å².